The van der Waals surface area contributed by atoms with Crippen LogP contribution in [0.15, 0.2) is 29.1 Å². The number of aliphatic hydroxyl groups excluding tert-OH is 1. The minimum Gasteiger partial charge on any atom is -0.462 e. The number of para-hydroxylation sites is 1. The van der Waals surface area contributed by atoms with Crippen molar-refractivity contribution in [3.63, 3.8) is 0 Å². The highest BCUT2D eigenvalue weighted by molar-refractivity contribution is 6.04. The molecule has 0 aliphatic carbocycles. The summed E-state index contributed by atoms with van der Waals surface area (Å²) in [6.45, 7) is 1.99. The summed E-state index contributed by atoms with van der Waals surface area (Å²) in [6, 6.07) is 7.13. The Balaban J connectivity index is 2.67. The van der Waals surface area contributed by atoms with Crippen molar-refractivity contribution in [2.24, 2.45) is 0 Å². The van der Waals surface area contributed by atoms with Crippen LogP contribution >= 0.6 is 0 Å². The Kier molecular flexibility index (Phi) is 4.37. The molecule has 3 N–H and O–H groups in total. The zero-order valence-electron chi connectivity index (χ0n) is 11.1. The molecule has 0 bridgehead atoms. The number of nitrogens with one attached hydrogen (secondary N) is 2. The predicted octanol–water partition coefficient (Wildman–Crippen LogP) is 1.11. The number of hydrogen-bond acceptors (Lipinski definition) is 5. The molecule has 0 saturated heterocycles. The van der Waals surface area contributed by atoms with Crippen LogP contribution in [0.2, 0.25) is 0 Å². The Morgan fingerprint density at radius 2 is 2.15 bits per heavy atom. The number of benzene rings is 1. The summed E-state index contributed by atoms with van der Waals surface area (Å²) in [5, 5.41) is 12.6. The van der Waals surface area contributed by atoms with Crippen molar-refractivity contribution < 1.29 is 14.6 Å². The highest BCUT2D eigenvalue weighted by atomic mass is 16.5. The maximum Gasteiger partial charge on any atom is 0.345 e. The summed E-state index contributed by atoms with van der Waals surface area (Å²) >= 11 is 0. The average molecular weight is 276 g/mol. The largest absolute Gasteiger partial charge is 0.462 e. The van der Waals surface area contributed by atoms with Gasteiger partial charge in [-0.2, -0.15) is 0 Å². The minimum atomic E-state index is -0.681. The molecule has 0 fully saturated rings. The quantitative estimate of drug-likeness (QED) is 0.711. The van der Waals surface area contributed by atoms with Gasteiger partial charge in [-0.1, -0.05) is 18.2 Å². The second-order valence-electron chi connectivity index (χ2n) is 4.12. The fourth-order valence-electron chi connectivity index (χ4n) is 2.01. The Hall–Kier alpha value is -2.34. The Bertz CT molecular complexity index is 678. The minimum absolute atomic E-state index is 0.0704. The lowest BCUT2D eigenvalue weighted by atomic mass is 10.1. The summed E-state index contributed by atoms with van der Waals surface area (Å²) in [4.78, 5) is 26.7. The first-order chi connectivity index (χ1) is 9.69. The smallest absolute Gasteiger partial charge is 0.345 e. The van der Waals surface area contributed by atoms with Crippen LogP contribution in [0.5, 0.6) is 0 Å². The van der Waals surface area contributed by atoms with Gasteiger partial charge in [-0.05, 0) is 13.0 Å². The maximum atomic E-state index is 12.1. The van der Waals surface area contributed by atoms with Crippen LogP contribution in [0.3, 0.4) is 0 Å². The number of fused-ring (bicyclic) bond motifs is 1. The lowest BCUT2D eigenvalue weighted by Gasteiger charge is -2.13. The van der Waals surface area contributed by atoms with Crippen LogP contribution in [-0.2, 0) is 4.74 Å². The number of carbonyl (C=O) groups excluding carboxylic acids is 1. The summed E-state index contributed by atoms with van der Waals surface area (Å²) < 4.78 is 4.92. The van der Waals surface area contributed by atoms with Crippen LogP contribution in [0.1, 0.15) is 17.3 Å². The van der Waals surface area contributed by atoms with Crippen molar-refractivity contribution in [1.29, 1.82) is 0 Å². The molecule has 0 amide bonds. The zero-order chi connectivity index (χ0) is 14.5. The Labute approximate surface area is 115 Å². The topological polar surface area (TPSA) is 91.4 Å². The molecule has 2 rings (SSSR count). The van der Waals surface area contributed by atoms with Crippen LogP contribution in [-0.4, -0.2) is 35.8 Å². The van der Waals surface area contributed by atoms with E-state index in [-0.39, 0.29) is 25.3 Å². The number of rotatable bonds is 5. The van der Waals surface area contributed by atoms with Crippen molar-refractivity contribution in [3.05, 3.63) is 40.2 Å². The number of esters is 1. The molecule has 1 aromatic carbocycles. The molecule has 0 aliphatic rings. The van der Waals surface area contributed by atoms with E-state index < -0.39 is 11.5 Å². The number of aromatic nitrogens is 1. The number of ether oxygens (including phenoxy) is 1. The molecule has 0 atom stereocenters. The number of carbonyl (C=O) groups is 1. The summed E-state index contributed by atoms with van der Waals surface area (Å²) in [7, 11) is 0. The number of anilines is 1. The van der Waals surface area contributed by atoms with Gasteiger partial charge in [0.15, 0.2) is 0 Å². The highest BCUT2D eigenvalue weighted by Crippen LogP contribution is 2.23. The Morgan fingerprint density at radius 3 is 2.85 bits per heavy atom. The molecular formula is C14H16N2O4. The number of aromatic amines is 1. The van der Waals surface area contributed by atoms with Crippen molar-refractivity contribution in [2.45, 2.75) is 6.92 Å². The van der Waals surface area contributed by atoms with Crippen molar-refractivity contribution >= 4 is 22.6 Å². The number of pyridine rings is 1. The molecule has 6 nitrogen and oxygen atoms in total. The molecular weight excluding hydrogens is 260 g/mol. The molecule has 0 spiro atoms. The molecule has 106 valence electrons. The molecule has 1 heterocycles. The third-order valence-corrected chi connectivity index (χ3v) is 2.81. The second-order valence-corrected chi connectivity index (χ2v) is 4.12. The first-order valence-electron chi connectivity index (χ1n) is 6.36. The van der Waals surface area contributed by atoms with Gasteiger partial charge in [0.25, 0.3) is 5.56 Å². The van der Waals surface area contributed by atoms with Gasteiger partial charge < -0.3 is 20.1 Å². The van der Waals surface area contributed by atoms with E-state index in [1.54, 1.807) is 31.2 Å². The maximum absolute atomic E-state index is 12.1. The normalized spacial score (nSPS) is 10.5. The standard InChI is InChI=1S/C14H16N2O4/c1-2-20-14(19)11-12(15-7-8-17)9-5-3-4-6-10(9)16-13(11)18/h3-6,17H,2,7-8H2,1H3,(H2,15,16,18). The van der Waals surface area contributed by atoms with Gasteiger partial charge in [0.2, 0.25) is 0 Å². The fourth-order valence-corrected chi connectivity index (χ4v) is 2.01. The van der Waals surface area contributed by atoms with Gasteiger partial charge in [0.05, 0.1) is 24.4 Å². The monoisotopic (exact) mass is 276 g/mol. The predicted molar refractivity (Wildman–Crippen MR) is 76.1 cm³/mol. The van der Waals surface area contributed by atoms with E-state index in [4.69, 9.17) is 9.84 Å². The van der Waals surface area contributed by atoms with E-state index in [2.05, 4.69) is 10.3 Å². The van der Waals surface area contributed by atoms with Gasteiger partial charge in [-0.25, -0.2) is 4.79 Å². The number of hydrogen-bond donors (Lipinski definition) is 3. The third kappa shape index (κ3) is 2.65. The van der Waals surface area contributed by atoms with Crippen LogP contribution in [0, 0.1) is 0 Å². The van der Waals surface area contributed by atoms with Crippen molar-refractivity contribution in [3.8, 4) is 0 Å². The van der Waals surface area contributed by atoms with Crippen LogP contribution < -0.4 is 10.9 Å². The SMILES string of the molecule is CCOC(=O)c1c(NCCO)c2ccccc2[nH]c1=O. The second kappa shape index (κ2) is 6.21. The average Bonchev–Trinajstić information content (AvgIpc) is 2.44. The van der Waals surface area contributed by atoms with E-state index in [0.717, 1.165) is 0 Å². The first-order valence-corrected chi connectivity index (χ1v) is 6.36. The van der Waals surface area contributed by atoms with Gasteiger partial charge in [0, 0.05) is 11.9 Å². The van der Waals surface area contributed by atoms with E-state index in [0.29, 0.717) is 16.6 Å². The van der Waals surface area contributed by atoms with Crippen LogP contribution in [0.25, 0.3) is 10.9 Å². The van der Waals surface area contributed by atoms with Crippen molar-refractivity contribution in [2.75, 3.05) is 25.1 Å². The van der Waals surface area contributed by atoms with E-state index >= 15 is 0 Å². The van der Waals surface area contributed by atoms with Crippen LogP contribution in [0.4, 0.5) is 5.69 Å². The molecule has 0 radical (unpaired) electrons. The Morgan fingerprint density at radius 1 is 1.40 bits per heavy atom. The number of aliphatic hydroxyl groups is 1. The molecule has 0 unspecified atom stereocenters. The van der Waals surface area contributed by atoms with Crippen molar-refractivity contribution in [1.82, 2.24) is 4.98 Å². The molecule has 1 aromatic heterocycles. The summed E-state index contributed by atoms with van der Waals surface area (Å²) in [5.41, 5.74) is 0.421. The first kappa shape index (κ1) is 14.1. The summed E-state index contributed by atoms with van der Waals surface area (Å²) in [6.07, 6.45) is 0. The summed E-state index contributed by atoms with van der Waals surface area (Å²) in [5.74, 6) is -0.681. The molecule has 0 saturated carbocycles. The van der Waals surface area contributed by atoms with Gasteiger partial charge in [0.1, 0.15) is 5.56 Å². The zero-order valence-corrected chi connectivity index (χ0v) is 11.1. The molecule has 20 heavy (non-hydrogen) atoms. The van der Waals surface area contributed by atoms with E-state index in [1.807, 2.05) is 0 Å². The molecule has 2 aromatic rings. The lowest BCUT2D eigenvalue weighted by Crippen LogP contribution is -2.23. The number of H-pyrrole nitrogens is 1. The molecule has 0 aliphatic heterocycles. The fraction of sp³-hybridized carbons (Fsp3) is 0.286. The van der Waals surface area contributed by atoms with Gasteiger partial charge in [-0.3, -0.25) is 4.79 Å². The lowest BCUT2D eigenvalue weighted by molar-refractivity contribution is 0.0525. The van der Waals surface area contributed by atoms with Gasteiger partial charge >= 0.3 is 5.97 Å². The van der Waals surface area contributed by atoms with E-state index in [9.17, 15) is 9.59 Å². The highest BCUT2D eigenvalue weighted by Gasteiger charge is 2.20. The van der Waals surface area contributed by atoms with Gasteiger partial charge in [-0.15, -0.1) is 0 Å². The third-order valence-electron chi connectivity index (χ3n) is 2.81. The molecule has 6 heteroatoms. The van der Waals surface area contributed by atoms with E-state index in [1.165, 1.54) is 0 Å².